The van der Waals surface area contributed by atoms with Crippen molar-refractivity contribution in [1.82, 2.24) is 14.1 Å². The maximum atomic E-state index is 12.4. The van der Waals surface area contributed by atoms with Crippen LogP contribution in [0.1, 0.15) is 12.6 Å². The minimum atomic E-state index is -3.53. The molecule has 0 aliphatic rings. The van der Waals surface area contributed by atoms with Gasteiger partial charge in [0.1, 0.15) is 0 Å². The smallest absolute Gasteiger partial charge is 0.243 e. The van der Waals surface area contributed by atoms with Gasteiger partial charge >= 0.3 is 0 Å². The summed E-state index contributed by atoms with van der Waals surface area (Å²) in [5, 5.41) is 4.73. The molecule has 108 valence electrons. The number of hydrogen-bond acceptors (Lipinski definition) is 3. The zero-order valence-electron chi connectivity index (χ0n) is 11.3. The largest absolute Gasteiger partial charge is 0.271 e. The molecule has 0 fully saturated rings. The van der Waals surface area contributed by atoms with Crippen LogP contribution in [0, 0.1) is 0 Å². The van der Waals surface area contributed by atoms with Gasteiger partial charge in [-0.2, -0.15) is 9.40 Å². The highest BCUT2D eigenvalue weighted by molar-refractivity contribution is 7.89. The van der Waals surface area contributed by atoms with Crippen LogP contribution in [0.5, 0.6) is 0 Å². The van der Waals surface area contributed by atoms with Crippen molar-refractivity contribution < 1.29 is 8.42 Å². The number of aromatic nitrogens is 2. The second-order valence-corrected chi connectivity index (χ2v) is 6.81. The Kier molecular flexibility index (Phi) is 4.47. The summed E-state index contributed by atoms with van der Waals surface area (Å²) < 4.78 is 27.7. The van der Waals surface area contributed by atoms with E-state index in [4.69, 9.17) is 11.6 Å². The highest BCUT2D eigenvalue weighted by Gasteiger charge is 2.22. The van der Waals surface area contributed by atoms with E-state index in [-0.39, 0.29) is 11.4 Å². The molecule has 0 aliphatic carbocycles. The van der Waals surface area contributed by atoms with E-state index in [1.54, 1.807) is 41.2 Å². The molecule has 0 spiro atoms. The molecule has 0 bridgehead atoms. The molecule has 0 amide bonds. The van der Waals surface area contributed by atoms with Crippen LogP contribution in [0.25, 0.3) is 0 Å². The molecule has 0 saturated heterocycles. The first kappa shape index (κ1) is 15.0. The Bertz CT molecular complexity index is 683. The van der Waals surface area contributed by atoms with Crippen molar-refractivity contribution in [2.24, 2.45) is 0 Å². The fourth-order valence-electron chi connectivity index (χ4n) is 1.77. The lowest BCUT2D eigenvalue weighted by molar-refractivity contribution is 0.458. The van der Waals surface area contributed by atoms with Crippen molar-refractivity contribution in [2.45, 2.75) is 24.9 Å². The molecule has 20 heavy (non-hydrogen) atoms. The molecule has 5 nitrogen and oxygen atoms in total. The number of benzene rings is 1. The van der Waals surface area contributed by atoms with Gasteiger partial charge in [0.2, 0.25) is 10.0 Å². The fourth-order valence-corrected chi connectivity index (χ4v) is 3.14. The highest BCUT2D eigenvalue weighted by atomic mass is 35.5. The third-order valence-electron chi connectivity index (χ3n) is 2.94. The molecule has 0 aliphatic heterocycles. The van der Waals surface area contributed by atoms with Gasteiger partial charge in [0.05, 0.1) is 22.2 Å². The SMILES string of the molecule is CCn1cc(Cl)c(CN(C)S(=O)(=O)c2ccccc2)n1. The molecule has 0 radical (unpaired) electrons. The lowest BCUT2D eigenvalue weighted by Crippen LogP contribution is -2.26. The zero-order chi connectivity index (χ0) is 14.8. The van der Waals surface area contributed by atoms with Crippen LogP contribution in [-0.2, 0) is 23.1 Å². The second-order valence-electron chi connectivity index (χ2n) is 4.35. The van der Waals surface area contributed by atoms with E-state index in [1.807, 2.05) is 6.92 Å². The molecule has 0 atom stereocenters. The minimum Gasteiger partial charge on any atom is -0.271 e. The average molecular weight is 314 g/mol. The Morgan fingerprint density at radius 2 is 1.95 bits per heavy atom. The molecule has 0 saturated carbocycles. The van der Waals surface area contributed by atoms with Crippen molar-refractivity contribution in [3.8, 4) is 0 Å². The van der Waals surface area contributed by atoms with Crippen molar-refractivity contribution in [3.63, 3.8) is 0 Å². The van der Waals surface area contributed by atoms with Gasteiger partial charge in [0, 0.05) is 19.8 Å². The molecular formula is C13H16ClN3O2S. The second kappa shape index (κ2) is 5.95. The minimum absolute atomic E-state index is 0.142. The summed E-state index contributed by atoms with van der Waals surface area (Å²) >= 11 is 6.06. The van der Waals surface area contributed by atoms with Crippen LogP contribution in [-0.4, -0.2) is 29.6 Å². The van der Waals surface area contributed by atoms with Gasteiger partial charge in [-0.3, -0.25) is 4.68 Å². The maximum absolute atomic E-state index is 12.4. The number of sulfonamides is 1. The van der Waals surface area contributed by atoms with E-state index in [2.05, 4.69) is 5.10 Å². The predicted octanol–water partition coefficient (Wildman–Crippen LogP) is 2.38. The Hall–Kier alpha value is -1.37. The van der Waals surface area contributed by atoms with Gasteiger partial charge in [-0.25, -0.2) is 8.42 Å². The summed E-state index contributed by atoms with van der Waals surface area (Å²) in [6, 6.07) is 8.30. The van der Waals surface area contributed by atoms with E-state index in [0.717, 1.165) is 0 Å². The van der Waals surface area contributed by atoms with Crippen LogP contribution in [0.4, 0.5) is 0 Å². The Morgan fingerprint density at radius 3 is 2.50 bits per heavy atom. The molecule has 0 unspecified atom stereocenters. The van der Waals surface area contributed by atoms with E-state index >= 15 is 0 Å². The Balaban J connectivity index is 2.23. The first-order valence-electron chi connectivity index (χ1n) is 6.18. The molecule has 1 heterocycles. The topological polar surface area (TPSA) is 55.2 Å². The monoisotopic (exact) mass is 313 g/mol. The van der Waals surface area contributed by atoms with Gasteiger partial charge in [0.25, 0.3) is 0 Å². The number of hydrogen-bond donors (Lipinski definition) is 0. The molecule has 0 N–H and O–H groups in total. The molecular weight excluding hydrogens is 298 g/mol. The summed E-state index contributed by atoms with van der Waals surface area (Å²) in [6.45, 7) is 2.77. The lowest BCUT2D eigenvalue weighted by Gasteiger charge is -2.16. The van der Waals surface area contributed by atoms with Gasteiger partial charge in [-0.05, 0) is 19.1 Å². The number of rotatable bonds is 5. The van der Waals surface area contributed by atoms with E-state index in [9.17, 15) is 8.42 Å². The van der Waals surface area contributed by atoms with Crippen LogP contribution in [0.2, 0.25) is 5.02 Å². The average Bonchev–Trinajstić information content (AvgIpc) is 2.80. The van der Waals surface area contributed by atoms with Crippen LogP contribution >= 0.6 is 11.6 Å². The number of nitrogens with zero attached hydrogens (tertiary/aromatic N) is 3. The predicted molar refractivity (Wildman–Crippen MR) is 78.0 cm³/mol. The molecule has 1 aromatic heterocycles. The lowest BCUT2D eigenvalue weighted by atomic mass is 10.4. The van der Waals surface area contributed by atoms with Crippen molar-refractivity contribution in [2.75, 3.05) is 7.05 Å². The molecule has 2 aromatic rings. The van der Waals surface area contributed by atoms with Crippen LogP contribution in [0.3, 0.4) is 0 Å². The number of aryl methyl sites for hydroxylation is 1. The van der Waals surface area contributed by atoms with E-state index in [1.165, 1.54) is 11.4 Å². The van der Waals surface area contributed by atoms with Crippen molar-refractivity contribution >= 4 is 21.6 Å². The van der Waals surface area contributed by atoms with Crippen molar-refractivity contribution in [3.05, 3.63) is 47.2 Å². The van der Waals surface area contributed by atoms with Crippen molar-refractivity contribution in [1.29, 1.82) is 0 Å². The van der Waals surface area contributed by atoms with Gasteiger partial charge in [0.15, 0.2) is 0 Å². The first-order chi connectivity index (χ1) is 9.45. The first-order valence-corrected chi connectivity index (χ1v) is 8.00. The van der Waals surface area contributed by atoms with Gasteiger partial charge in [-0.15, -0.1) is 0 Å². The normalized spacial score (nSPS) is 12.0. The molecule has 7 heteroatoms. The summed E-state index contributed by atoms with van der Waals surface area (Å²) in [5.41, 5.74) is 0.551. The third-order valence-corrected chi connectivity index (χ3v) is 5.07. The molecule has 2 rings (SSSR count). The maximum Gasteiger partial charge on any atom is 0.243 e. The van der Waals surface area contributed by atoms with E-state index in [0.29, 0.717) is 17.3 Å². The summed E-state index contributed by atoms with van der Waals surface area (Å²) in [5.74, 6) is 0. The quantitative estimate of drug-likeness (QED) is 0.851. The van der Waals surface area contributed by atoms with Gasteiger partial charge < -0.3 is 0 Å². The summed E-state index contributed by atoms with van der Waals surface area (Å²) in [6.07, 6.45) is 1.69. The third kappa shape index (κ3) is 3.03. The number of halogens is 1. The Labute approximate surface area is 123 Å². The standard InChI is InChI=1S/C13H16ClN3O2S/c1-3-17-9-12(14)13(15-17)10-16(2)20(18,19)11-7-5-4-6-8-11/h4-9H,3,10H2,1-2H3. The summed E-state index contributed by atoms with van der Waals surface area (Å²) in [4.78, 5) is 0.258. The highest BCUT2D eigenvalue weighted by Crippen LogP contribution is 2.20. The molecule has 1 aromatic carbocycles. The van der Waals surface area contributed by atoms with E-state index < -0.39 is 10.0 Å². The fraction of sp³-hybridized carbons (Fsp3) is 0.308. The van der Waals surface area contributed by atoms with Crippen LogP contribution in [0.15, 0.2) is 41.4 Å². The zero-order valence-corrected chi connectivity index (χ0v) is 12.9. The summed E-state index contributed by atoms with van der Waals surface area (Å²) in [7, 11) is -2.01. The Morgan fingerprint density at radius 1 is 1.30 bits per heavy atom. The van der Waals surface area contributed by atoms with Gasteiger partial charge in [-0.1, -0.05) is 29.8 Å². The van der Waals surface area contributed by atoms with Crippen LogP contribution < -0.4 is 0 Å².